The Morgan fingerprint density at radius 2 is 0.737 bits per heavy atom. The summed E-state index contributed by atoms with van der Waals surface area (Å²) < 4.78 is 41.2. The number of nitrogens with two attached hydrogens (primary N) is 2. The summed E-state index contributed by atoms with van der Waals surface area (Å²) in [5.74, 6) is -0.00782. The Morgan fingerprint density at radius 1 is 0.453 bits per heavy atom. The maximum Gasteiger partial charge on any atom is 0.519 e. The van der Waals surface area contributed by atoms with Gasteiger partial charge in [-0.25, -0.2) is 28.8 Å². The molecule has 0 aliphatic heterocycles. The van der Waals surface area contributed by atoms with Gasteiger partial charge in [0.15, 0.2) is 0 Å². The van der Waals surface area contributed by atoms with Crippen molar-refractivity contribution < 1.29 is 119 Å². The Hall–Kier alpha value is -6.36. The van der Waals surface area contributed by atoms with Crippen LogP contribution in [0.2, 0.25) is 0 Å². The zero-order chi connectivity index (χ0) is 105. The Morgan fingerprint density at radius 3 is 1.01 bits per heavy atom. The number of aliphatic hydroxyl groups is 2. The standard InChI is InChI=1S/C22H36N2O3.C20H34N2O2.C13H27NO3.C13H25NO3.C10H18O5.C8H19NO.C8H19N.C7H9N.C2H3ClO.CH5P.ClH.2H2O.Pd/c1-7-8-12-15-22(6,23-20(26)27-21(3,4)5)17-24(18(2)25)16-19-13-10-9-11-14-19;1-6-7-11-14-20(5,22-18(23)24-19(2,3)4)16-21-15-17-12-9-8-10-13-17;2*1-6-7-8-9-13(5,10-15)14-11(16)17-12(2,3)4;1-9(2,3)14-7(11)13-8(12)15-10(4,5)6;1-3-4-5-6-8(2,9)7-10;1-6-9(7(2)3)8(4)5;8-6-7-4-2-1-3-5-7;1-2(3)4;1-2;;;;/h9-11,13-14H,7-8,12,15-17H2,1-6H3,(H,23,26);8-10,12-13,21H,6-7,11,14-16H2,1-5H3,(H,22,23);15H,6-10H2,1-5H3,(H,14,16);10H,6-9H2,1-5H3,(H,14,16);1-6H3;10H,3-7,9H2,1-2H3;7-8H,6H2,1-5H3;1-5H,6,8H2;1H3;2H2,1H3;1H;2*1H2;/t22-;20-;2*13-;;8-;;;;;;;;/m1111.1......../s1/i;;;;;;;;;1D;;;;. The summed E-state index contributed by atoms with van der Waals surface area (Å²) in [6.07, 6.45) is 17.4. The van der Waals surface area contributed by atoms with Gasteiger partial charge in [0, 0.05) is 86.0 Å². The van der Waals surface area contributed by atoms with Gasteiger partial charge in [-0.2, -0.15) is 0 Å². The molecular formula is C104H200Cl2N9O20PPd. The summed E-state index contributed by atoms with van der Waals surface area (Å²) in [6, 6.07) is 31.6. The molecule has 3 aromatic carbocycles. The molecule has 810 valence electrons. The van der Waals surface area contributed by atoms with Gasteiger partial charge in [0.05, 0.1) is 35.4 Å². The number of aliphatic hydroxyl groups excluding tert-OH is 2. The van der Waals surface area contributed by atoms with E-state index in [1.807, 2.05) is 162 Å². The van der Waals surface area contributed by atoms with Crippen molar-refractivity contribution in [1.29, 1.82) is 0 Å². The fourth-order valence-electron chi connectivity index (χ4n) is 11.9. The van der Waals surface area contributed by atoms with Crippen LogP contribution in [0.5, 0.6) is 0 Å². The average Bonchev–Trinajstić information content (AvgIpc) is 0.839. The second-order valence-electron chi connectivity index (χ2n) is 41.1. The van der Waals surface area contributed by atoms with Gasteiger partial charge in [0.2, 0.25) is 11.1 Å². The minimum Gasteiger partial charge on any atom is -0.444 e. The van der Waals surface area contributed by atoms with Crippen LogP contribution in [0.4, 0.5) is 28.8 Å². The third-order valence-electron chi connectivity index (χ3n) is 18.4. The minimum atomic E-state index is -1.06. The molecule has 3 rings (SSSR count). The first-order chi connectivity index (χ1) is 61.5. The van der Waals surface area contributed by atoms with Gasteiger partial charge < -0.3 is 102 Å². The average molecular weight is 2110 g/mol. The number of benzene rings is 3. The number of nitrogens with one attached hydrogen (secondary N) is 5. The van der Waals surface area contributed by atoms with E-state index >= 15 is 0 Å². The normalized spacial score (nSPS) is 13.0. The molecule has 0 bridgehead atoms. The molecule has 1 unspecified atom stereocenters. The third kappa shape index (κ3) is 104. The van der Waals surface area contributed by atoms with Crippen LogP contribution in [-0.2, 0) is 87.6 Å². The second kappa shape index (κ2) is 83.1. The van der Waals surface area contributed by atoms with Crippen LogP contribution in [0.15, 0.2) is 91.0 Å². The molecule has 0 aliphatic rings. The number of nitrogens with zero attached hydrogens (tertiary/aromatic N) is 2. The largest absolute Gasteiger partial charge is 0.519 e. The number of alkyl carbamates (subject to hydrolysis) is 4. The number of halogens is 2. The Labute approximate surface area is 860 Å². The smallest absolute Gasteiger partial charge is 0.444 e. The number of unbranched alkanes of at least 4 members (excludes halogenated alkanes) is 10. The fourth-order valence-corrected chi connectivity index (χ4v) is 11.9. The Balaban J connectivity index is -0.000000150. The molecule has 0 saturated carbocycles. The van der Waals surface area contributed by atoms with Gasteiger partial charge in [0.1, 0.15) is 39.9 Å². The van der Waals surface area contributed by atoms with Crippen LogP contribution in [-0.4, -0.2) is 198 Å². The van der Waals surface area contributed by atoms with Gasteiger partial charge in [-0.3, -0.25) is 14.5 Å². The van der Waals surface area contributed by atoms with Crippen LogP contribution in [0, 0.1) is 0 Å². The molecule has 137 heavy (non-hydrogen) atoms. The SMILES string of the molecule is CC(=O)Cl.CC(C)(C)OC(=O)OC(=O)OC(C)(C)C.CCCCC[C@@](C)(N)CO.CCCCC[C@](C)(C=O)NC(=O)OC(C)(C)C.CCCCC[C@](C)(CN(Cc1ccccc1)C(C)=O)NC(=O)OC(C)(C)C.CCCCC[C@](C)(CNCc1ccccc1)NC(=O)OC(C)(C)C.CCCCC[C@](C)(CO)NC(=O)OC(C)(C)C.CCN(C(C)C)C(C)C.Cl.NCc1ccccc1.O.O.[2H]CP.[Pd]. The Kier molecular flexibility index (Phi) is 91.5. The topological polar surface area (TPSA) is 440 Å². The minimum absolute atomic E-state index is 0. The predicted molar refractivity (Wildman–Crippen MR) is 568 cm³/mol. The van der Waals surface area contributed by atoms with Crippen molar-refractivity contribution in [3.8, 4) is 0 Å². The molecule has 29 nitrogen and oxygen atoms in total. The van der Waals surface area contributed by atoms with E-state index in [-0.39, 0.29) is 85.3 Å². The number of amides is 5. The van der Waals surface area contributed by atoms with E-state index in [9.17, 15) is 48.3 Å². The summed E-state index contributed by atoms with van der Waals surface area (Å²) in [4.78, 5) is 107. The van der Waals surface area contributed by atoms with Crippen LogP contribution in [0.25, 0.3) is 0 Å². The molecule has 6 atom stereocenters. The molecular weight excluding hydrogens is 1900 g/mol. The molecule has 0 heterocycles. The number of aldehydes is 1. The maximum atomic E-state index is 12.4. The molecule has 5 amide bonds. The first-order valence-corrected chi connectivity index (χ1v) is 49.1. The van der Waals surface area contributed by atoms with E-state index < -0.39 is 80.8 Å². The molecule has 0 aliphatic carbocycles. The van der Waals surface area contributed by atoms with Gasteiger partial charge >= 0.3 is 36.7 Å². The van der Waals surface area contributed by atoms with E-state index in [1.165, 1.54) is 43.7 Å². The first-order valence-electron chi connectivity index (χ1n) is 48.6. The van der Waals surface area contributed by atoms with Crippen LogP contribution >= 0.6 is 33.2 Å². The van der Waals surface area contributed by atoms with Gasteiger partial charge in [0.25, 0.3) is 0 Å². The third-order valence-corrected chi connectivity index (χ3v) is 18.4. The molecule has 15 N–H and O–H groups in total. The van der Waals surface area contributed by atoms with E-state index in [1.54, 1.807) is 81.1 Å². The molecule has 33 heteroatoms. The quantitative estimate of drug-likeness (QED) is 0.00374. The van der Waals surface area contributed by atoms with E-state index in [0.717, 1.165) is 121 Å². The number of ether oxygens (including phenoxy) is 7. The molecule has 0 radical (unpaired) electrons. The number of carbonyl (C=O) groups is 9. The summed E-state index contributed by atoms with van der Waals surface area (Å²) in [6.45, 7) is 71.0. The van der Waals surface area contributed by atoms with Crippen molar-refractivity contribution in [3.05, 3.63) is 108 Å². The molecule has 0 saturated heterocycles. The van der Waals surface area contributed by atoms with E-state index in [4.69, 9.17) is 46.4 Å². The van der Waals surface area contributed by atoms with Gasteiger partial charge in [-0.1, -0.05) is 235 Å². The predicted octanol–water partition coefficient (Wildman–Crippen LogP) is 22.9. The van der Waals surface area contributed by atoms with Crippen molar-refractivity contribution in [2.24, 2.45) is 11.5 Å². The fraction of sp³-hybridized carbons (Fsp3) is 0.740. The number of hydrogen-bond donors (Lipinski definition) is 9. The number of rotatable bonds is 39. The van der Waals surface area contributed by atoms with E-state index in [0.29, 0.717) is 51.3 Å². The van der Waals surface area contributed by atoms with Crippen molar-refractivity contribution in [2.45, 2.75) is 464 Å². The number of hydrogen-bond acceptors (Lipinski definition) is 22. The molecule has 3 aromatic rings. The van der Waals surface area contributed by atoms with Crippen LogP contribution in [0.3, 0.4) is 0 Å². The van der Waals surface area contributed by atoms with Gasteiger partial charge in [-0.05, 0) is 254 Å². The van der Waals surface area contributed by atoms with Crippen molar-refractivity contribution >= 4 is 87.4 Å². The van der Waals surface area contributed by atoms with E-state index in [2.05, 4.69) is 145 Å². The monoisotopic (exact) mass is 2100 g/mol. The second-order valence-corrected chi connectivity index (χ2v) is 41.7. The summed E-state index contributed by atoms with van der Waals surface area (Å²) >= 11 is 4.64. The number of carbonyl (C=O) groups excluding carboxylic acids is 9. The summed E-state index contributed by atoms with van der Waals surface area (Å²) in [7, 11) is 2.25. The zero-order valence-electron chi connectivity index (χ0n) is 92.6. The zero-order valence-corrected chi connectivity index (χ0v) is 95.8. The van der Waals surface area contributed by atoms with Crippen molar-refractivity contribution in [1.82, 2.24) is 36.4 Å². The van der Waals surface area contributed by atoms with Crippen LogP contribution in [0.1, 0.15) is 389 Å². The maximum absolute atomic E-state index is 12.4. The van der Waals surface area contributed by atoms with Crippen molar-refractivity contribution in [3.63, 3.8) is 0 Å². The molecule has 0 spiro atoms. The Bertz CT molecular complexity index is 3480. The van der Waals surface area contributed by atoms with Crippen molar-refractivity contribution in [2.75, 3.05) is 39.5 Å². The van der Waals surface area contributed by atoms with Gasteiger partial charge in [-0.15, -0.1) is 21.6 Å². The molecule has 0 fully saturated rings. The molecule has 0 aromatic heterocycles. The summed E-state index contributed by atoms with van der Waals surface area (Å²) in [5, 5.41) is 32.7. The van der Waals surface area contributed by atoms with Crippen LogP contribution < -0.4 is 38.1 Å². The first kappa shape index (κ1) is 151. The summed E-state index contributed by atoms with van der Waals surface area (Å²) in [5.41, 5.74) is 8.46.